The molecule has 0 saturated carbocycles. The molecular weight excluding hydrogens is 467 g/mol. The number of hydrogen-bond acceptors (Lipinski definition) is 5. The van der Waals surface area contributed by atoms with E-state index in [1.807, 2.05) is 24.3 Å². The lowest BCUT2D eigenvalue weighted by Gasteiger charge is -2.25. The van der Waals surface area contributed by atoms with Crippen LogP contribution in [0.3, 0.4) is 0 Å². The number of hydrogen-bond donors (Lipinski definition) is 0. The maximum atomic E-state index is 13.5. The molecule has 0 bridgehead atoms. The van der Waals surface area contributed by atoms with Crippen LogP contribution in [0.2, 0.25) is 10.0 Å². The van der Waals surface area contributed by atoms with Gasteiger partial charge in [0.15, 0.2) is 4.80 Å². The molecule has 5 nitrogen and oxygen atoms in total. The largest absolute Gasteiger partial charge is 0.459 e. The number of rotatable bonds is 4. The third kappa shape index (κ3) is 4.44. The predicted molar refractivity (Wildman–Crippen MR) is 128 cm³/mol. The van der Waals surface area contributed by atoms with Gasteiger partial charge < -0.3 is 4.74 Å². The van der Waals surface area contributed by atoms with Gasteiger partial charge in [0.2, 0.25) is 0 Å². The molecule has 0 radical (unpaired) electrons. The first-order valence-corrected chi connectivity index (χ1v) is 11.6. The summed E-state index contributed by atoms with van der Waals surface area (Å²) in [4.78, 5) is 31.6. The number of ether oxygens (including phenoxy) is 1. The van der Waals surface area contributed by atoms with Crippen LogP contribution in [0.5, 0.6) is 0 Å². The van der Waals surface area contributed by atoms with Crippen molar-refractivity contribution in [1.82, 2.24) is 4.57 Å². The summed E-state index contributed by atoms with van der Waals surface area (Å²) >= 11 is 13.3. The van der Waals surface area contributed by atoms with Gasteiger partial charge in [-0.1, -0.05) is 58.8 Å². The van der Waals surface area contributed by atoms with E-state index in [4.69, 9.17) is 27.9 Å². The van der Waals surface area contributed by atoms with Crippen LogP contribution in [-0.4, -0.2) is 16.6 Å². The first kappa shape index (κ1) is 22.5. The van der Waals surface area contributed by atoms with Crippen molar-refractivity contribution < 1.29 is 9.53 Å². The third-order valence-corrected chi connectivity index (χ3v) is 6.42. The zero-order valence-electron chi connectivity index (χ0n) is 17.6. The highest BCUT2D eigenvalue weighted by atomic mass is 35.5. The van der Waals surface area contributed by atoms with E-state index in [0.717, 1.165) is 11.1 Å². The first-order chi connectivity index (χ1) is 15.2. The second-order valence-electron chi connectivity index (χ2n) is 7.64. The Kier molecular flexibility index (Phi) is 6.38. The van der Waals surface area contributed by atoms with Gasteiger partial charge in [0, 0.05) is 10.0 Å². The van der Waals surface area contributed by atoms with Crippen molar-refractivity contribution in [1.29, 1.82) is 0 Å². The molecule has 3 aromatic rings. The fraction of sp³-hybridized carbons (Fsp3) is 0.208. The minimum atomic E-state index is -0.665. The van der Waals surface area contributed by atoms with Crippen molar-refractivity contribution in [3.63, 3.8) is 0 Å². The Morgan fingerprint density at radius 2 is 1.69 bits per heavy atom. The Hall–Kier alpha value is -2.67. The molecule has 0 fully saturated rings. The van der Waals surface area contributed by atoms with Gasteiger partial charge in [0.25, 0.3) is 5.56 Å². The number of halogens is 2. The minimum absolute atomic E-state index is 0.231. The number of benzene rings is 2. The molecule has 0 unspecified atom stereocenters. The van der Waals surface area contributed by atoms with Gasteiger partial charge in [-0.2, -0.15) is 0 Å². The standard InChI is InChI=1S/C24H20Cl2N2O3S/c1-13(2)31-23(30)20-14(3)27-24-28(21(20)16-6-10-18(26)11-7-16)22(29)19(32-24)12-15-4-8-17(25)9-5-15/h4-13,21H,1-3H3/b19-12-/t21-/m1/s1. The van der Waals surface area contributed by atoms with Gasteiger partial charge in [-0.15, -0.1) is 0 Å². The van der Waals surface area contributed by atoms with Crippen LogP contribution >= 0.6 is 34.5 Å². The fourth-order valence-corrected chi connectivity index (χ4v) is 4.83. The van der Waals surface area contributed by atoms with E-state index in [9.17, 15) is 9.59 Å². The monoisotopic (exact) mass is 486 g/mol. The van der Waals surface area contributed by atoms with Crippen LogP contribution in [0.15, 0.2) is 69.6 Å². The highest BCUT2D eigenvalue weighted by molar-refractivity contribution is 7.07. The molecule has 2 aromatic carbocycles. The lowest BCUT2D eigenvalue weighted by Crippen LogP contribution is -2.40. The lowest BCUT2D eigenvalue weighted by molar-refractivity contribution is -0.143. The molecule has 164 valence electrons. The van der Waals surface area contributed by atoms with Gasteiger partial charge in [-0.25, -0.2) is 9.79 Å². The Balaban J connectivity index is 1.93. The molecule has 0 spiro atoms. The molecule has 0 N–H and O–H groups in total. The number of fused-ring (bicyclic) bond motifs is 1. The number of carbonyl (C=O) groups excluding carboxylic acids is 1. The maximum absolute atomic E-state index is 13.5. The summed E-state index contributed by atoms with van der Waals surface area (Å²) in [5, 5.41) is 1.19. The van der Waals surface area contributed by atoms with Crippen molar-refractivity contribution in [3.8, 4) is 0 Å². The van der Waals surface area contributed by atoms with Gasteiger partial charge in [0.1, 0.15) is 0 Å². The molecule has 1 atom stereocenters. The zero-order valence-corrected chi connectivity index (χ0v) is 20.0. The van der Waals surface area contributed by atoms with Crippen LogP contribution in [0, 0.1) is 0 Å². The second-order valence-corrected chi connectivity index (χ2v) is 9.52. The fourth-order valence-electron chi connectivity index (χ4n) is 3.53. The second kappa shape index (κ2) is 9.06. The first-order valence-electron chi connectivity index (χ1n) is 9.99. The van der Waals surface area contributed by atoms with Crippen molar-refractivity contribution >= 4 is 46.6 Å². The van der Waals surface area contributed by atoms with Gasteiger partial charge in [-0.3, -0.25) is 9.36 Å². The smallest absolute Gasteiger partial charge is 0.338 e. The highest BCUT2D eigenvalue weighted by Crippen LogP contribution is 2.31. The molecule has 4 rings (SSSR count). The summed E-state index contributed by atoms with van der Waals surface area (Å²) in [5.41, 5.74) is 2.23. The molecule has 1 aliphatic heterocycles. The molecule has 0 aliphatic carbocycles. The zero-order chi connectivity index (χ0) is 23.0. The topological polar surface area (TPSA) is 60.7 Å². The summed E-state index contributed by atoms with van der Waals surface area (Å²) in [6.07, 6.45) is 1.49. The van der Waals surface area contributed by atoms with Crippen molar-refractivity contribution in [2.45, 2.75) is 32.9 Å². The van der Waals surface area contributed by atoms with Gasteiger partial charge >= 0.3 is 5.97 Å². The summed E-state index contributed by atoms with van der Waals surface area (Å²) in [5.74, 6) is -0.492. The van der Waals surface area contributed by atoms with Crippen LogP contribution in [-0.2, 0) is 9.53 Å². The number of allylic oxidation sites excluding steroid dienone is 1. The van der Waals surface area contributed by atoms with Gasteiger partial charge in [-0.05, 0) is 62.2 Å². The minimum Gasteiger partial charge on any atom is -0.459 e. The molecule has 2 heterocycles. The molecule has 32 heavy (non-hydrogen) atoms. The van der Waals surface area contributed by atoms with E-state index in [1.165, 1.54) is 11.3 Å². The van der Waals surface area contributed by atoms with E-state index in [2.05, 4.69) is 4.99 Å². The maximum Gasteiger partial charge on any atom is 0.338 e. The number of carbonyl (C=O) groups is 1. The van der Waals surface area contributed by atoms with Crippen LogP contribution < -0.4 is 14.9 Å². The van der Waals surface area contributed by atoms with E-state index in [0.29, 0.717) is 30.6 Å². The van der Waals surface area contributed by atoms with E-state index >= 15 is 0 Å². The molecule has 8 heteroatoms. The SMILES string of the molecule is CC1=C(C(=O)OC(C)C)[C@@H](c2ccc(Cl)cc2)n2c(s/c(=C\c3ccc(Cl)cc3)c2=O)=N1. The number of nitrogens with zero attached hydrogens (tertiary/aromatic N) is 2. The molecular formula is C24H20Cl2N2O3S. The van der Waals surface area contributed by atoms with Crippen molar-refractivity contribution in [2.75, 3.05) is 0 Å². The van der Waals surface area contributed by atoms with Crippen LogP contribution in [0.4, 0.5) is 0 Å². The normalized spacial score (nSPS) is 16.2. The Bertz CT molecular complexity index is 1380. The average Bonchev–Trinajstić information content (AvgIpc) is 3.03. The molecule has 1 aliphatic rings. The summed E-state index contributed by atoms with van der Waals surface area (Å²) in [7, 11) is 0. The highest BCUT2D eigenvalue weighted by Gasteiger charge is 2.33. The molecule has 0 amide bonds. The molecule has 1 aromatic heterocycles. The Morgan fingerprint density at radius 1 is 1.09 bits per heavy atom. The lowest BCUT2D eigenvalue weighted by atomic mass is 9.96. The Labute approximate surface area is 198 Å². The predicted octanol–water partition coefficient (Wildman–Crippen LogP) is 4.49. The third-order valence-electron chi connectivity index (χ3n) is 4.94. The average molecular weight is 487 g/mol. The molecule has 0 saturated heterocycles. The van der Waals surface area contributed by atoms with Crippen molar-refractivity contribution in [3.05, 3.63) is 101 Å². The summed E-state index contributed by atoms with van der Waals surface area (Å²) in [6.45, 7) is 5.33. The van der Waals surface area contributed by atoms with E-state index in [-0.39, 0.29) is 11.7 Å². The van der Waals surface area contributed by atoms with Crippen LogP contribution in [0.25, 0.3) is 6.08 Å². The van der Waals surface area contributed by atoms with Crippen LogP contribution in [0.1, 0.15) is 37.9 Å². The van der Waals surface area contributed by atoms with Gasteiger partial charge in [0.05, 0.1) is 27.9 Å². The van der Waals surface area contributed by atoms with E-state index < -0.39 is 12.0 Å². The van der Waals surface area contributed by atoms with E-state index in [1.54, 1.807) is 55.7 Å². The summed E-state index contributed by atoms with van der Waals surface area (Å²) < 4.78 is 7.55. The Morgan fingerprint density at radius 3 is 2.28 bits per heavy atom. The number of aromatic nitrogens is 1. The summed E-state index contributed by atoms with van der Waals surface area (Å²) in [6, 6.07) is 13.7. The number of thiazole rings is 1. The number of esters is 1. The quantitative estimate of drug-likeness (QED) is 0.510. The van der Waals surface area contributed by atoms with Crippen molar-refractivity contribution in [2.24, 2.45) is 4.99 Å².